The molecule has 70 valence electrons. The first-order chi connectivity index (χ1) is 5.86. The first kappa shape index (κ1) is 8.48. The van der Waals surface area contributed by atoms with Crippen molar-refractivity contribution in [2.24, 2.45) is 11.8 Å². The van der Waals surface area contributed by atoms with Crippen molar-refractivity contribution in [3.8, 4) is 0 Å². The molecule has 0 aromatic rings. The number of piperidine rings is 3. The molecule has 0 saturated carbocycles. The third-order valence-electron chi connectivity index (χ3n) is 3.54. The monoisotopic (exact) mass is 171 g/mol. The molecule has 2 bridgehead atoms. The zero-order valence-electron chi connectivity index (χ0n) is 7.32. The summed E-state index contributed by atoms with van der Waals surface area (Å²) in [5.74, 6) is 0.995. The van der Waals surface area contributed by atoms with E-state index in [0.717, 1.165) is 13.1 Å². The molecule has 2 N–H and O–H groups in total. The van der Waals surface area contributed by atoms with E-state index in [2.05, 4.69) is 4.90 Å². The molecule has 3 rings (SSSR count). The van der Waals surface area contributed by atoms with Gasteiger partial charge in [-0.05, 0) is 31.8 Å². The van der Waals surface area contributed by atoms with Crippen LogP contribution < -0.4 is 0 Å². The molecule has 12 heavy (non-hydrogen) atoms. The van der Waals surface area contributed by atoms with E-state index in [-0.39, 0.29) is 19.3 Å². The Bertz CT molecular complexity index is 137. The molecule has 3 heterocycles. The highest BCUT2D eigenvalue weighted by Gasteiger charge is 2.40. The van der Waals surface area contributed by atoms with Crippen molar-refractivity contribution in [1.82, 2.24) is 4.90 Å². The minimum absolute atomic E-state index is 0.210. The maximum atomic E-state index is 9.18. The molecule has 2 atom stereocenters. The van der Waals surface area contributed by atoms with Crippen LogP contribution in [0.3, 0.4) is 0 Å². The van der Waals surface area contributed by atoms with E-state index in [1.807, 2.05) is 0 Å². The SMILES string of the molecule is OCC1C2CCN(CC2)C1CO. The van der Waals surface area contributed by atoms with Crippen LogP contribution in [0.2, 0.25) is 0 Å². The van der Waals surface area contributed by atoms with Crippen LogP contribution in [0.5, 0.6) is 0 Å². The van der Waals surface area contributed by atoms with Crippen molar-refractivity contribution >= 4 is 0 Å². The van der Waals surface area contributed by atoms with Crippen LogP contribution in [0.15, 0.2) is 0 Å². The Morgan fingerprint density at radius 3 is 2.17 bits per heavy atom. The molecule has 2 unspecified atom stereocenters. The van der Waals surface area contributed by atoms with Crippen molar-refractivity contribution in [3.05, 3.63) is 0 Å². The summed E-state index contributed by atoms with van der Waals surface area (Å²) >= 11 is 0. The van der Waals surface area contributed by atoms with E-state index in [1.165, 1.54) is 12.8 Å². The quantitative estimate of drug-likeness (QED) is 0.598. The Morgan fingerprint density at radius 2 is 1.75 bits per heavy atom. The summed E-state index contributed by atoms with van der Waals surface area (Å²) in [7, 11) is 0. The molecule has 0 aliphatic carbocycles. The molecule has 0 amide bonds. The molecular formula is C9H17NO2. The third-order valence-corrected chi connectivity index (χ3v) is 3.54. The maximum Gasteiger partial charge on any atom is 0.0590 e. The van der Waals surface area contributed by atoms with Gasteiger partial charge in [0.25, 0.3) is 0 Å². The number of aliphatic hydroxyl groups is 2. The Morgan fingerprint density at radius 1 is 1.08 bits per heavy atom. The van der Waals surface area contributed by atoms with Crippen LogP contribution in [0, 0.1) is 11.8 Å². The Hall–Kier alpha value is -0.120. The van der Waals surface area contributed by atoms with Gasteiger partial charge >= 0.3 is 0 Å². The number of hydrogen-bond acceptors (Lipinski definition) is 3. The molecule has 3 aliphatic heterocycles. The van der Waals surface area contributed by atoms with Gasteiger partial charge in [-0.3, -0.25) is 4.90 Å². The van der Waals surface area contributed by atoms with Crippen molar-refractivity contribution in [1.29, 1.82) is 0 Å². The van der Waals surface area contributed by atoms with Crippen molar-refractivity contribution < 1.29 is 10.2 Å². The van der Waals surface area contributed by atoms with Crippen molar-refractivity contribution in [2.45, 2.75) is 18.9 Å². The fraction of sp³-hybridized carbons (Fsp3) is 1.00. The lowest BCUT2D eigenvalue weighted by atomic mass is 9.74. The topological polar surface area (TPSA) is 43.7 Å². The lowest BCUT2D eigenvalue weighted by molar-refractivity contribution is -0.0548. The third kappa shape index (κ3) is 1.16. The molecular weight excluding hydrogens is 154 g/mol. The molecule has 0 spiro atoms. The molecule has 0 aromatic heterocycles. The Balaban J connectivity index is 2.10. The summed E-state index contributed by atoms with van der Waals surface area (Å²) < 4.78 is 0. The second kappa shape index (κ2) is 3.32. The van der Waals surface area contributed by atoms with Crippen molar-refractivity contribution in [3.63, 3.8) is 0 Å². The normalized spacial score (nSPS) is 46.5. The van der Waals surface area contributed by atoms with Crippen LogP contribution in [0.1, 0.15) is 12.8 Å². The second-order valence-electron chi connectivity index (χ2n) is 3.97. The average molecular weight is 171 g/mol. The number of aliphatic hydroxyl groups excluding tert-OH is 2. The smallest absolute Gasteiger partial charge is 0.0590 e. The van der Waals surface area contributed by atoms with Gasteiger partial charge in [0, 0.05) is 18.6 Å². The van der Waals surface area contributed by atoms with Crippen LogP contribution in [-0.4, -0.2) is 47.5 Å². The molecule has 3 nitrogen and oxygen atoms in total. The Labute approximate surface area is 73.0 Å². The van der Waals surface area contributed by atoms with Gasteiger partial charge < -0.3 is 10.2 Å². The van der Waals surface area contributed by atoms with Crippen LogP contribution in [-0.2, 0) is 0 Å². The van der Waals surface area contributed by atoms with Crippen molar-refractivity contribution in [2.75, 3.05) is 26.3 Å². The van der Waals surface area contributed by atoms with Gasteiger partial charge in [0.2, 0.25) is 0 Å². The van der Waals surface area contributed by atoms with Crippen LogP contribution in [0.4, 0.5) is 0 Å². The van der Waals surface area contributed by atoms with Gasteiger partial charge in [0.15, 0.2) is 0 Å². The first-order valence-corrected chi connectivity index (χ1v) is 4.82. The highest BCUT2D eigenvalue weighted by Crippen LogP contribution is 2.36. The van der Waals surface area contributed by atoms with E-state index in [4.69, 9.17) is 5.11 Å². The predicted octanol–water partition coefficient (Wildman–Crippen LogP) is -0.319. The van der Waals surface area contributed by atoms with E-state index in [9.17, 15) is 5.11 Å². The van der Waals surface area contributed by atoms with E-state index < -0.39 is 0 Å². The fourth-order valence-electron chi connectivity index (χ4n) is 2.79. The number of fused-ring (bicyclic) bond motifs is 3. The summed E-state index contributed by atoms with van der Waals surface area (Å²) in [6, 6.07) is 0.238. The average Bonchev–Trinajstić information content (AvgIpc) is 2.18. The molecule has 3 aliphatic rings. The van der Waals surface area contributed by atoms with E-state index >= 15 is 0 Å². The summed E-state index contributed by atoms with van der Waals surface area (Å²) in [6.07, 6.45) is 2.42. The second-order valence-corrected chi connectivity index (χ2v) is 3.97. The van der Waals surface area contributed by atoms with Gasteiger partial charge in [0.05, 0.1) is 6.61 Å². The Kier molecular flexibility index (Phi) is 2.35. The number of hydrogen-bond donors (Lipinski definition) is 2. The highest BCUT2D eigenvalue weighted by atomic mass is 16.3. The molecule has 3 heteroatoms. The highest BCUT2D eigenvalue weighted by molar-refractivity contribution is 4.93. The van der Waals surface area contributed by atoms with E-state index in [0.29, 0.717) is 11.8 Å². The molecule has 0 aromatic carbocycles. The zero-order chi connectivity index (χ0) is 8.55. The van der Waals surface area contributed by atoms with Gasteiger partial charge in [-0.25, -0.2) is 0 Å². The van der Waals surface area contributed by atoms with Crippen LogP contribution >= 0.6 is 0 Å². The zero-order valence-corrected chi connectivity index (χ0v) is 7.32. The molecule has 3 saturated heterocycles. The van der Waals surface area contributed by atoms with Gasteiger partial charge in [0.1, 0.15) is 0 Å². The minimum Gasteiger partial charge on any atom is -0.396 e. The lowest BCUT2D eigenvalue weighted by Gasteiger charge is -2.49. The summed E-state index contributed by atoms with van der Waals surface area (Å²) in [4.78, 5) is 2.32. The van der Waals surface area contributed by atoms with Crippen LogP contribution in [0.25, 0.3) is 0 Å². The fourth-order valence-corrected chi connectivity index (χ4v) is 2.79. The van der Waals surface area contributed by atoms with Gasteiger partial charge in [-0.2, -0.15) is 0 Å². The summed E-state index contributed by atoms with van der Waals surface area (Å²) in [6.45, 7) is 2.69. The minimum atomic E-state index is 0.210. The standard InChI is InChI=1S/C9H17NO2/c11-5-8-7-1-3-10(4-2-7)9(8)6-12/h7-9,11-12H,1-6H2. The summed E-state index contributed by atoms with van der Waals surface area (Å²) in [5.41, 5.74) is 0. The first-order valence-electron chi connectivity index (χ1n) is 4.82. The number of rotatable bonds is 2. The largest absolute Gasteiger partial charge is 0.396 e. The molecule has 0 radical (unpaired) electrons. The predicted molar refractivity (Wildman–Crippen MR) is 45.7 cm³/mol. The maximum absolute atomic E-state index is 9.18. The van der Waals surface area contributed by atoms with E-state index in [1.54, 1.807) is 0 Å². The van der Waals surface area contributed by atoms with Gasteiger partial charge in [-0.1, -0.05) is 0 Å². The van der Waals surface area contributed by atoms with Gasteiger partial charge in [-0.15, -0.1) is 0 Å². The lowest BCUT2D eigenvalue weighted by Crippen LogP contribution is -2.57. The molecule has 3 fully saturated rings. The summed E-state index contributed by atoms with van der Waals surface area (Å²) in [5, 5.41) is 18.3. The number of nitrogens with zero attached hydrogens (tertiary/aromatic N) is 1.